The Balaban J connectivity index is 1.95. The number of benzene rings is 2. The predicted molar refractivity (Wildman–Crippen MR) is 96.8 cm³/mol. The van der Waals surface area contributed by atoms with Crippen LogP contribution in [0.15, 0.2) is 84.9 Å². The molecule has 0 fully saturated rings. The number of hydrogen-bond donors (Lipinski definition) is 0. The summed E-state index contributed by atoms with van der Waals surface area (Å²) in [5, 5.41) is 0. The van der Waals surface area contributed by atoms with Gasteiger partial charge in [-0.25, -0.2) is 0 Å². The molecule has 2 heterocycles. The summed E-state index contributed by atoms with van der Waals surface area (Å²) in [6.45, 7) is 2.18. The van der Waals surface area contributed by atoms with Crippen LogP contribution in [0.25, 0.3) is 16.6 Å². The van der Waals surface area contributed by atoms with Gasteiger partial charge in [-0.3, -0.25) is 0 Å². The van der Waals surface area contributed by atoms with Crippen molar-refractivity contribution in [3.8, 4) is 11.1 Å². The molecule has 0 spiro atoms. The number of fused-ring (bicyclic) bond motifs is 1. The molecular formula is C22H19N. The molecule has 0 saturated heterocycles. The third kappa shape index (κ3) is 2.55. The van der Waals surface area contributed by atoms with E-state index in [1.807, 2.05) is 0 Å². The van der Waals surface area contributed by atoms with Crippen LogP contribution in [0.5, 0.6) is 0 Å². The zero-order valence-corrected chi connectivity index (χ0v) is 13.2. The van der Waals surface area contributed by atoms with Crippen molar-refractivity contribution in [1.29, 1.82) is 0 Å². The van der Waals surface area contributed by atoms with E-state index in [0.29, 0.717) is 0 Å². The van der Waals surface area contributed by atoms with Crippen molar-refractivity contribution in [1.82, 2.24) is 4.40 Å². The van der Waals surface area contributed by atoms with Crippen molar-refractivity contribution in [2.45, 2.75) is 13.3 Å². The lowest BCUT2D eigenvalue weighted by atomic mass is 10.0. The quantitative estimate of drug-likeness (QED) is 0.470. The Bertz CT molecular complexity index is 934. The molecular weight excluding hydrogens is 278 g/mol. The molecule has 2 aromatic heterocycles. The van der Waals surface area contributed by atoms with Gasteiger partial charge in [0.05, 0.1) is 0 Å². The first-order valence-electron chi connectivity index (χ1n) is 8.02. The van der Waals surface area contributed by atoms with Crippen LogP contribution in [0.4, 0.5) is 0 Å². The number of hydrogen-bond acceptors (Lipinski definition) is 0. The van der Waals surface area contributed by atoms with E-state index in [1.165, 1.54) is 33.6 Å². The van der Waals surface area contributed by atoms with E-state index in [0.717, 1.165) is 6.42 Å². The summed E-state index contributed by atoms with van der Waals surface area (Å²) in [5.74, 6) is 0. The van der Waals surface area contributed by atoms with Crippen LogP contribution < -0.4 is 0 Å². The molecule has 23 heavy (non-hydrogen) atoms. The van der Waals surface area contributed by atoms with Gasteiger partial charge in [0.25, 0.3) is 0 Å². The maximum atomic E-state index is 2.38. The topological polar surface area (TPSA) is 4.41 Å². The molecule has 0 unspecified atom stereocenters. The van der Waals surface area contributed by atoms with Crippen LogP contribution in [0.2, 0.25) is 0 Å². The second-order valence-corrected chi connectivity index (χ2v) is 5.96. The molecule has 0 aliphatic rings. The molecule has 0 bridgehead atoms. The van der Waals surface area contributed by atoms with Crippen molar-refractivity contribution in [2.24, 2.45) is 0 Å². The van der Waals surface area contributed by atoms with E-state index in [1.54, 1.807) is 0 Å². The Hall–Kier alpha value is -2.80. The molecule has 0 amide bonds. The van der Waals surface area contributed by atoms with Crippen LogP contribution >= 0.6 is 0 Å². The van der Waals surface area contributed by atoms with Crippen molar-refractivity contribution in [3.05, 3.63) is 102 Å². The molecule has 0 saturated carbocycles. The SMILES string of the molecule is Cc1cccc2cc(-c3ccccc3)c(Cc3ccccc3)n12. The average Bonchev–Trinajstić information content (AvgIpc) is 2.96. The Morgan fingerprint density at radius 3 is 2.17 bits per heavy atom. The number of aryl methyl sites for hydroxylation is 1. The maximum Gasteiger partial charge on any atom is 0.0462 e. The lowest BCUT2D eigenvalue weighted by Gasteiger charge is -2.10. The van der Waals surface area contributed by atoms with Crippen molar-refractivity contribution >= 4 is 5.52 Å². The van der Waals surface area contributed by atoms with Gasteiger partial charge in [-0.1, -0.05) is 66.7 Å². The predicted octanol–water partition coefficient (Wildman–Crippen LogP) is 5.51. The standard InChI is InChI=1S/C22H19N/c1-17-9-8-14-20-16-21(19-12-6-3-7-13-19)22(23(17)20)15-18-10-4-2-5-11-18/h2-14,16H,15H2,1H3. The molecule has 0 aliphatic carbocycles. The summed E-state index contributed by atoms with van der Waals surface area (Å²) in [6.07, 6.45) is 0.935. The number of rotatable bonds is 3. The van der Waals surface area contributed by atoms with E-state index in [4.69, 9.17) is 0 Å². The minimum Gasteiger partial charge on any atom is -0.317 e. The lowest BCUT2D eigenvalue weighted by molar-refractivity contribution is 0.985. The van der Waals surface area contributed by atoms with Gasteiger partial charge in [0, 0.05) is 28.9 Å². The second kappa shape index (κ2) is 5.77. The maximum absolute atomic E-state index is 2.38. The highest BCUT2D eigenvalue weighted by Crippen LogP contribution is 2.30. The van der Waals surface area contributed by atoms with E-state index in [9.17, 15) is 0 Å². The van der Waals surface area contributed by atoms with Crippen molar-refractivity contribution in [2.75, 3.05) is 0 Å². The summed E-state index contributed by atoms with van der Waals surface area (Å²) >= 11 is 0. The average molecular weight is 297 g/mol. The van der Waals surface area contributed by atoms with Gasteiger partial charge in [0.15, 0.2) is 0 Å². The summed E-state index contributed by atoms with van der Waals surface area (Å²) in [7, 11) is 0. The first kappa shape index (κ1) is 13.8. The highest BCUT2D eigenvalue weighted by Gasteiger charge is 2.13. The van der Waals surface area contributed by atoms with Crippen LogP contribution in [0.3, 0.4) is 0 Å². The van der Waals surface area contributed by atoms with E-state index >= 15 is 0 Å². The highest BCUT2D eigenvalue weighted by molar-refractivity contribution is 5.74. The van der Waals surface area contributed by atoms with E-state index < -0.39 is 0 Å². The number of pyridine rings is 1. The molecule has 0 radical (unpaired) electrons. The second-order valence-electron chi connectivity index (χ2n) is 5.96. The molecule has 2 aromatic carbocycles. The normalized spacial score (nSPS) is 11.0. The lowest BCUT2D eigenvalue weighted by Crippen LogP contribution is -1.99. The Morgan fingerprint density at radius 1 is 0.739 bits per heavy atom. The summed E-state index contributed by atoms with van der Waals surface area (Å²) in [6, 6.07) is 30.2. The van der Waals surface area contributed by atoms with Crippen LogP contribution in [-0.4, -0.2) is 4.40 Å². The van der Waals surface area contributed by atoms with Crippen LogP contribution in [0, 0.1) is 6.92 Å². The van der Waals surface area contributed by atoms with Gasteiger partial charge in [0.1, 0.15) is 0 Å². The van der Waals surface area contributed by atoms with E-state index in [-0.39, 0.29) is 0 Å². The Labute approximate surface area is 136 Å². The third-order valence-electron chi connectivity index (χ3n) is 4.39. The zero-order valence-electron chi connectivity index (χ0n) is 13.2. The number of aromatic nitrogens is 1. The molecule has 4 rings (SSSR count). The fourth-order valence-electron chi connectivity index (χ4n) is 3.30. The van der Waals surface area contributed by atoms with E-state index in [2.05, 4.69) is 96.3 Å². The molecule has 0 aliphatic heterocycles. The Kier molecular flexibility index (Phi) is 3.47. The summed E-state index contributed by atoms with van der Waals surface area (Å²) < 4.78 is 2.38. The smallest absolute Gasteiger partial charge is 0.0462 e. The van der Waals surface area contributed by atoms with Gasteiger partial charge in [-0.2, -0.15) is 0 Å². The highest BCUT2D eigenvalue weighted by atomic mass is 14.9. The van der Waals surface area contributed by atoms with Gasteiger partial charge in [-0.15, -0.1) is 0 Å². The van der Waals surface area contributed by atoms with Crippen molar-refractivity contribution in [3.63, 3.8) is 0 Å². The first-order valence-corrected chi connectivity index (χ1v) is 8.02. The molecule has 1 nitrogen and oxygen atoms in total. The molecule has 0 N–H and O–H groups in total. The fraction of sp³-hybridized carbons (Fsp3) is 0.0909. The Morgan fingerprint density at radius 2 is 1.43 bits per heavy atom. The van der Waals surface area contributed by atoms with Crippen LogP contribution in [-0.2, 0) is 6.42 Å². The van der Waals surface area contributed by atoms with Gasteiger partial charge in [0.2, 0.25) is 0 Å². The largest absolute Gasteiger partial charge is 0.317 e. The van der Waals surface area contributed by atoms with Crippen LogP contribution in [0.1, 0.15) is 17.0 Å². The molecule has 4 aromatic rings. The van der Waals surface area contributed by atoms with Crippen molar-refractivity contribution < 1.29 is 0 Å². The molecule has 0 atom stereocenters. The van der Waals surface area contributed by atoms with Gasteiger partial charge >= 0.3 is 0 Å². The summed E-state index contributed by atoms with van der Waals surface area (Å²) in [4.78, 5) is 0. The zero-order chi connectivity index (χ0) is 15.6. The molecule has 1 heteroatoms. The van der Waals surface area contributed by atoms with Gasteiger partial charge < -0.3 is 4.40 Å². The fourth-order valence-corrected chi connectivity index (χ4v) is 3.30. The third-order valence-corrected chi connectivity index (χ3v) is 4.39. The minimum absolute atomic E-state index is 0.935. The first-order chi connectivity index (χ1) is 11.3. The van der Waals surface area contributed by atoms with Gasteiger partial charge in [-0.05, 0) is 36.2 Å². The minimum atomic E-state index is 0.935. The monoisotopic (exact) mass is 297 g/mol. The number of nitrogens with zero attached hydrogens (tertiary/aromatic N) is 1. The summed E-state index contributed by atoms with van der Waals surface area (Å²) in [5.41, 5.74) is 7.83. The molecule has 112 valence electrons.